The van der Waals surface area contributed by atoms with Crippen LogP contribution in [0.4, 0.5) is 5.69 Å². The van der Waals surface area contributed by atoms with Gasteiger partial charge in [0.2, 0.25) is 0 Å². The van der Waals surface area contributed by atoms with Gasteiger partial charge in [0.1, 0.15) is 0 Å². The second-order valence-corrected chi connectivity index (χ2v) is 6.93. The lowest BCUT2D eigenvalue weighted by Gasteiger charge is -2.39. The first-order valence-electron chi connectivity index (χ1n) is 8.80. The van der Waals surface area contributed by atoms with Gasteiger partial charge in [-0.2, -0.15) is 0 Å². The van der Waals surface area contributed by atoms with Gasteiger partial charge in [-0.05, 0) is 61.1 Å². The molecule has 122 valence electrons. The number of carbonyl (C=O) groups is 1. The summed E-state index contributed by atoms with van der Waals surface area (Å²) in [5.41, 5.74) is 7.49. The Hall–Kier alpha value is -2.35. The first kappa shape index (κ1) is 15.2. The van der Waals surface area contributed by atoms with Crippen LogP contribution in [0.5, 0.6) is 0 Å². The van der Waals surface area contributed by atoms with Gasteiger partial charge in [0.05, 0.1) is 6.04 Å². The Kier molecular flexibility index (Phi) is 3.76. The highest BCUT2D eigenvalue weighted by molar-refractivity contribution is 5.99. The van der Waals surface area contributed by atoms with Crippen LogP contribution in [-0.4, -0.2) is 12.3 Å². The molecule has 0 amide bonds. The van der Waals surface area contributed by atoms with Crippen LogP contribution in [0.15, 0.2) is 54.1 Å². The van der Waals surface area contributed by atoms with E-state index in [-0.39, 0.29) is 6.04 Å². The van der Waals surface area contributed by atoms with Crippen LogP contribution in [0.2, 0.25) is 0 Å². The lowest BCUT2D eigenvalue weighted by molar-refractivity contribution is -0.115. The highest BCUT2D eigenvalue weighted by Crippen LogP contribution is 2.41. The van der Waals surface area contributed by atoms with Gasteiger partial charge in [-0.1, -0.05) is 36.4 Å². The number of nitrogens with zero attached hydrogens (tertiary/aromatic N) is 1. The largest absolute Gasteiger partial charge is 0.360 e. The average molecular weight is 317 g/mol. The maximum Gasteiger partial charge on any atom is 0.161 e. The average Bonchev–Trinajstić information content (AvgIpc) is 3.02. The maximum atomic E-state index is 12.5. The minimum Gasteiger partial charge on any atom is -0.360 e. The molecule has 2 heteroatoms. The number of anilines is 1. The summed E-state index contributed by atoms with van der Waals surface area (Å²) in [5, 5.41) is 0. The highest BCUT2D eigenvalue weighted by Gasteiger charge is 2.34. The van der Waals surface area contributed by atoms with Crippen molar-refractivity contribution in [3.8, 4) is 0 Å². The van der Waals surface area contributed by atoms with E-state index in [0.29, 0.717) is 12.2 Å². The van der Waals surface area contributed by atoms with Crippen molar-refractivity contribution in [1.29, 1.82) is 0 Å². The Morgan fingerprint density at radius 1 is 1.00 bits per heavy atom. The van der Waals surface area contributed by atoms with Crippen molar-refractivity contribution in [2.45, 2.75) is 39.2 Å². The Morgan fingerprint density at radius 2 is 1.83 bits per heavy atom. The summed E-state index contributed by atoms with van der Waals surface area (Å²) >= 11 is 0. The van der Waals surface area contributed by atoms with E-state index in [1.807, 2.05) is 0 Å². The molecule has 24 heavy (non-hydrogen) atoms. The van der Waals surface area contributed by atoms with Crippen LogP contribution in [-0.2, 0) is 11.2 Å². The predicted octanol–water partition coefficient (Wildman–Crippen LogP) is 4.70. The minimum atomic E-state index is 0.0621. The smallest absolute Gasteiger partial charge is 0.161 e. The number of benzene rings is 2. The summed E-state index contributed by atoms with van der Waals surface area (Å²) in [6.07, 6.45) is 4.73. The highest BCUT2D eigenvalue weighted by atomic mass is 16.1. The number of Topliss-reactive ketones (excluding diaryl/α,β-unsaturated/α-hetero) is 1. The van der Waals surface area contributed by atoms with Crippen LogP contribution in [0.1, 0.15) is 41.1 Å². The van der Waals surface area contributed by atoms with Crippen molar-refractivity contribution in [1.82, 2.24) is 0 Å². The molecule has 0 bridgehead atoms. The topological polar surface area (TPSA) is 20.3 Å². The SMILES string of the molecule is Cc1ccc(N2CCc3ccccc3[C@H]2C2=CCCC2=O)cc1C. The molecule has 0 saturated heterocycles. The zero-order chi connectivity index (χ0) is 16.7. The summed E-state index contributed by atoms with van der Waals surface area (Å²) in [6, 6.07) is 15.3. The molecular weight excluding hydrogens is 294 g/mol. The number of ketones is 1. The zero-order valence-electron chi connectivity index (χ0n) is 14.4. The first-order chi connectivity index (χ1) is 11.6. The molecule has 4 rings (SSSR count). The summed E-state index contributed by atoms with van der Waals surface area (Å²) in [5.74, 6) is 0.311. The number of hydrogen-bond acceptors (Lipinski definition) is 2. The predicted molar refractivity (Wildman–Crippen MR) is 98.5 cm³/mol. The van der Waals surface area contributed by atoms with E-state index in [1.165, 1.54) is 27.9 Å². The quantitative estimate of drug-likeness (QED) is 0.800. The molecule has 2 aliphatic rings. The van der Waals surface area contributed by atoms with Crippen LogP contribution in [0, 0.1) is 13.8 Å². The van der Waals surface area contributed by atoms with Gasteiger partial charge < -0.3 is 4.90 Å². The molecule has 0 fully saturated rings. The molecule has 0 N–H and O–H groups in total. The van der Waals surface area contributed by atoms with Gasteiger partial charge in [0, 0.05) is 24.2 Å². The molecule has 0 saturated carbocycles. The van der Waals surface area contributed by atoms with Crippen molar-refractivity contribution in [3.05, 3.63) is 76.4 Å². The molecule has 1 aliphatic carbocycles. The zero-order valence-corrected chi connectivity index (χ0v) is 14.4. The standard InChI is InChI=1S/C22H23NO/c1-15-10-11-18(14-16(15)2)23-13-12-17-6-3-4-7-19(17)22(23)20-8-5-9-21(20)24/h3-4,6-8,10-11,14,22H,5,9,12-13H2,1-2H3/t22-/m0/s1. The third-order valence-corrected chi connectivity index (χ3v) is 5.46. The lowest BCUT2D eigenvalue weighted by Crippen LogP contribution is -2.37. The minimum absolute atomic E-state index is 0.0621. The van der Waals surface area contributed by atoms with Gasteiger partial charge in [-0.25, -0.2) is 0 Å². The van der Waals surface area contributed by atoms with Crippen LogP contribution < -0.4 is 4.90 Å². The van der Waals surface area contributed by atoms with E-state index in [0.717, 1.165) is 25.0 Å². The molecule has 1 aliphatic heterocycles. The fourth-order valence-corrected chi connectivity index (χ4v) is 3.97. The van der Waals surface area contributed by atoms with Crippen molar-refractivity contribution < 1.29 is 4.79 Å². The third-order valence-electron chi connectivity index (χ3n) is 5.46. The fourth-order valence-electron chi connectivity index (χ4n) is 3.97. The van der Waals surface area contributed by atoms with Crippen molar-refractivity contribution >= 4 is 11.5 Å². The molecule has 2 aromatic rings. The maximum absolute atomic E-state index is 12.5. The molecule has 0 radical (unpaired) electrons. The molecule has 0 aromatic heterocycles. The number of allylic oxidation sites excluding steroid dienone is 1. The van der Waals surface area contributed by atoms with Gasteiger partial charge >= 0.3 is 0 Å². The van der Waals surface area contributed by atoms with Gasteiger partial charge in [-0.15, -0.1) is 0 Å². The van der Waals surface area contributed by atoms with Gasteiger partial charge in [0.25, 0.3) is 0 Å². The van der Waals surface area contributed by atoms with E-state index in [9.17, 15) is 4.79 Å². The summed E-state index contributed by atoms with van der Waals surface area (Å²) in [7, 11) is 0. The lowest BCUT2D eigenvalue weighted by atomic mass is 9.86. The number of aryl methyl sites for hydroxylation is 2. The van der Waals surface area contributed by atoms with Crippen LogP contribution in [0.3, 0.4) is 0 Å². The molecule has 2 aromatic carbocycles. The Balaban J connectivity index is 1.83. The number of hydrogen-bond donors (Lipinski definition) is 0. The van der Waals surface area contributed by atoms with Crippen molar-refractivity contribution in [3.63, 3.8) is 0 Å². The van der Waals surface area contributed by atoms with Gasteiger partial charge in [-0.3, -0.25) is 4.79 Å². The number of carbonyl (C=O) groups excluding carboxylic acids is 1. The van der Waals surface area contributed by atoms with Crippen molar-refractivity contribution in [2.75, 3.05) is 11.4 Å². The first-order valence-corrected chi connectivity index (χ1v) is 8.80. The second-order valence-electron chi connectivity index (χ2n) is 6.93. The Labute approximate surface area is 143 Å². The molecule has 0 spiro atoms. The third kappa shape index (κ3) is 2.47. The molecule has 1 heterocycles. The number of rotatable bonds is 2. The van der Waals surface area contributed by atoms with E-state index in [2.05, 4.69) is 67.3 Å². The fraction of sp³-hybridized carbons (Fsp3) is 0.318. The van der Waals surface area contributed by atoms with E-state index in [1.54, 1.807) is 0 Å². The van der Waals surface area contributed by atoms with E-state index >= 15 is 0 Å². The summed E-state index contributed by atoms with van der Waals surface area (Å²) in [4.78, 5) is 14.9. The number of fused-ring (bicyclic) bond motifs is 1. The summed E-state index contributed by atoms with van der Waals surface area (Å²) < 4.78 is 0. The van der Waals surface area contributed by atoms with Gasteiger partial charge in [0.15, 0.2) is 5.78 Å². The summed E-state index contributed by atoms with van der Waals surface area (Å²) in [6.45, 7) is 5.26. The van der Waals surface area contributed by atoms with Crippen LogP contribution in [0.25, 0.3) is 0 Å². The monoisotopic (exact) mass is 317 g/mol. The molecule has 0 unspecified atom stereocenters. The van der Waals surface area contributed by atoms with Crippen LogP contribution >= 0.6 is 0 Å². The molecule has 2 nitrogen and oxygen atoms in total. The normalized spacial score (nSPS) is 20.1. The van der Waals surface area contributed by atoms with E-state index in [4.69, 9.17) is 0 Å². The van der Waals surface area contributed by atoms with E-state index < -0.39 is 0 Å². The Bertz CT molecular complexity index is 834. The molecule has 1 atom stereocenters. The second kappa shape index (κ2) is 5.94. The van der Waals surface area contributed by atoms with Crippen molar-refractivity contribution in [2.24, 2.45) is 0 Å². The molecular formula is C22H23NO. The Morgan fingerprint density at radius 3 is 2.58 bits per heavy atom.